The van der Waals surface area contributed by atoms with Crippen LogP contribution in [0.5, 0.6) is 0 Å². The predicted octanol–water partition coefficient (Wildman–Crippen LogP) is 2.70. The van der Waals surface area contributed by atoms with Crippen molar-refractivity contribution in [3.63, 3.8) is 0 Å². The molecule has 1 heterocycles. The maximum atomic E-state index is 14.0. The highest BCUT2D eigenvalue weighted by molar-refractivity contribution is 7.98. The zero-order chi connectivity index (χ0) is 17.5. The van der Waals surface area contributed by atoms with Crippen LogP contribution in [0.15, 0.2) is 18.2 Å². The number of benzene rings is 1. The van der Waals surface area contributed by atoms with Gasteiger partial charge in [0, 0.05) is 42.6 Å². The highest BCUT2D eigenvalue weighted by atomic mass is 35.5. The largest absolute Gasteiger partial charge is 0.356 e. The van der Waals surface area contributed by atoms with Gasteiger partial charge in [0.05, 0.1) is 6.54 Å². The molecule has 0 atom stereocenters. The zero-order valence-electron chi connectivity index (χ0n) is 13.7. The number of aromatic nitrogens is 3. The average Bonchev–Trinajstić information content (AvgIpc) is 2.91. The summed E-state index contributed by atoms with van der Waals surface area (Å²) in [6.07, 6.45) is 3.29. The number of halogens is 2. The van der Waals surface area contributed by atoms with Crippen molar-refractivity contribution in [3.05, 3.63) is 46.3 Å². The van der Waals surface area contributed by atoms with Crippen molar-refractivity contribution in [1.82, 2.24) is 20.1 Å². The molecule has 1 amide bonds. The molecule has 0 fully saturated rings. The first-order valence-electron chi connectivity index (χ1n) is 7.60. The molecule has 2 aromatic rings. The summed E-state index contributed by atoms with van der Waals surface area (Å²) in [6.45, 7) is 2.14. The topological polar surface area (TPSA) is 59.8 Å². The van der Waals surface area contributed by atoms with Crippen LogP contribution in [0, 0.1) is 5.82 Å². The summed E-state index contributed by atoms with van der Waals surface area (Å²) in [5, 5.41) is 7.58. The van der Waals surface area contributed by atoms with E-state index in [9.17, 15) is 9.18 Å². The number of rotatable bonds is 8. The minimum atomic E-state index is -0.364. The summed E-state index contributed by atoms with van der Waals surface area (Å²) in [7, 11) is 0. The van der Waals surface area contributed by atoms with Gasteiger partial charge in [-0.1, -0.05) is 17.7 Å². The fourth-order valence-corrected chi connectivity index (χ4v) is 2.83. The Bertz CT molecular complexity index is 687. The van der Waals surface area contributed by atoms with Gasteiger partial charge in [0.2, 0.25) is 5.91 Å². The molecule has 0 aliphatic rings. The SMILES string of the molecule is CSCCc1nc(CCNC(C)=O)n(Cc2c(F)cccc2Cl)n1. The van der Waals surface area contributed by atoms with Crippen molar-refractivity contribution in [2.75, 3.05) is 18.6 Å². The summed E-state index contributed by atoms with van der Waals surface area (Å²) in [5.41, 5.74) is 0.390. The number of nitrogens with zero attached hydrogens (tertiary/aromatic N) is 3. The number of carbonyl (C=O) groups excluding carboxylic acids is 1. The molecule has 0 saturated heterocycles. The maximum Gasteiger partial charge on any atom is 0.216 e. The van der Waals surface area contributed by atoms with Crippen LogP contribution in [-0.4, -0.2) is 39.2 Å². The Balaban J connectivity index is 2.21. The Morgan fingerprint density at radius 3 is 2.88 bits per heavy atom. The molecule has 1 aromatic heterocycles. The highest BCUT2D eigenvalue weighted by Gasteiger charge is 2.14. The molecule has 0 aliphatic carbocycles. The number of nitrogens with one attached hydrogen (secondary N) is 1. The lowest BCUT2D eigenvalue weighted by Gasteiger charge is -2.09. The summed E-state index contributed by atoms with van der Waals surface area (Å²) >= 11 is 7.82. The van der Waals surface area contributed by atoms with Crippen LogP contribution in [0.1, 0.15) is 24.1 Å². The van der Waals surface area contributed by atoms with Gasteiger partial charge in [-0.05, 0) is 18.4 Å². The molecule has 0 bridgehead atoms. The fraction of sp³-hybridized carbons (Fsp3) is 0.438. The predicted molar refractivity (Wildman–Crippen MR) is 95.0 cm³/mol. The van der Waals surface area contributed by atoms with Gasteiger partial charge in [-0.15, -0.1) is 0 Å². The van der Waals surface area contributed by atoms with Crippen LogP contribution in [0.4, 0.5) is 4.39 Å². The van der Waals surface area contributed by atoms with Crippen molar-refractivity contribution in [2.45, 2.75) is 26.3 Å². The third kappa shape index (κ3) is 5.21. The third-order valence-corrected chi connectivity index (χ3v) is 4.38. The van der Waals surface area contributed by atoms with Crippen molar-refractivity contribution in [1.29, 1.82) is 0 Å². The second-order valence-corrected chi connectivity index (χ2v) is 6.67. The molecule has 1 N–H and O–H groups in total. The fourth-order valence-electron chi connectivity index (χ4n) is 2.22. The molecule has 8 heteroatoms. The molecule has 0 unspecified atom stereocenters. The monoisotopic (exact) mass is 370 g/mol. The van der Waals surface area contributed by atoms with E-state index in [2.05, 4.69) is 15.4 Å². The molecule has 5 nitrogen and oxygen atoms in total. The Morgan fingerprint density at radius 1 is 1.42 bits per heavy atom. The van der Waals surface area contributed by atoms with Crippen LogP contribution in [0.25, 0.3) is 0 Å². The van der Waals surface area contributed by atoms with Gasteiger partial charge in [0.1, 0.15) is 11.6 Å². The minimum absolute atomic E-state index is 0.0965. The van der Waals surface area contributed by atoms with Gasteiger partial charge in [-0.25, -0.2) is 14.1 Å². The van der Waals surface area contributed by atoms with Crippen molar-refractivity contribution in [3.8, 4) is 0 Å². The first kappa shape index (κ1) is 18.7. The van der Waals surface area contributed by atoms with E-state index in [0.717, 1.165) is 18.0 Å². The van der Waals surface area contributed by atoms with Crippen molar-refractivity contribution < 1.29 is 9.18 Å². The van der Waals surface area contributed by atoms with Crippen LogP contribution in [0.2, 0.25) is 5.02 Å². The molecule has 0 aliphatic heterocycles. The zero-order valence-corrected chi connectivity index (χ0v) is 15.3. The van der Waals surface area contributed by atoms with E-state index in [1.807, 2.05) is 6.26 Å². The molecule has 0 radical (unpaired) electrons. The van der Waals surface area contributed by atoms with Crippen LogP contribution < -0.4 is 5.32 Å². The van der Waals surface area contributed by atoms with E-state index < -0.39 is 0 Å². The first-order valence-corrected chi connectivity index (χ1v) is 9.37. The number of hydrogen-bond donors (Lipinski definition) is 1. The highest BCUT2D eigenvalue weighted by Crippen LogP contribution is 2.20. The Labute approximate surface area is 150 Å². The maximum absolute atomic E-state index is 14.0. The van der Waals surface area contributed by atoms with Gasteiger partial charge >= 0.3 is 0 Å². The van der Waals surface area contributed by atoms with Gasteiger partial charge in [0.15, 0.2) is 5.82 Å². The third-order valence-electron chi connectivity index (χ3n) is 3.41. The second kappa shape index (κ2) is 9.03. The number of thioether (sulfide) groups is 1. The lowest BCUT2D eigenvalue weighted by atomic mass is 10.2. The van der Waals surface area contributed by atoms with Crippen LogP contribution in [-0.2, 0) is 24.2 Å². The lowest BCUT2D eigenvalue weighted by Crippen LogP contribution is -2.23. The van der Waals surface area contributed by atoms with E-state index in [0.29, 0.717) is 29.4 Å². The van der Waals surface area contributed by atoms with Crippen LogP contribution >= 0.6 is 23.4 Å². The summed E-state index contributed by atoms with van der Waals surface area (Å²) in [6, 6.07) is 4.61. The molecule has 0 saturated carbocycles. The molecule has 1 aromatic carbocycles. The number of aryl methyl sites for hydroxylation is 1. The Hall–Kier alpha value is -1.60. The van der Waals surface area contributed by atoms with Gasteiger partial charge in [-0.2, -0.15) is 16.9 Å². The first-order chi connectivity index (χ1) is 11.5. The van der Waals surface area contributed by atoms with E-state index in [1.165, 1.54) is 13.0 Å². The van der Waals surface area contributed by atoms with E-state index in [-0.39, 0.29) is 18.3 Å². The lowest BCUT2D eigenvalue weighted by molar-refractivity contribution is -0.118. The standard InChI is InChI=1S/C16H20ClFN4OS/c1-11(23)19-8-6-16-20-15(7-9-24-2)21-22(16)10-12-13(17)4-3-5-14(12)18/h3-5H,6-10H2,1-2H3,(H,19,23). The summed E-state index contributed by atoms with van der Waals surface area (Å²) in [4.78, 5) is 15.5. The minimum Gasteiger partial charge on any atom is -0.356 e. The van der Waals surface area contributed by atoms with E-state index in [1.54, 1.807) is 28.6 Å². The molecule has 130 valence electrons. The molecular formula is C16H20ClFN4OS. The number of amides is 1. The van der Waals surface area contributed by atoms with Gasteiger partial charge < -0.3 is 5.32 Å². The molecular weight excluding hydrogens is 351 g/mol. The van der Waals surface area contributed by atoms with E-state index >= 15 is 0 Å². The average molecular weight is 371 g/mol. The van der Waals surface area contributed by atoms with Gasteiger partial charge in [-0.3, -0.25) is 4.79 Å². The Kier molecular flexibility index (Phi) is 7.05. The number of carbonyl (C=O) groups is 1. The summed E-state index contributed by atoms with van der Waals surface area (Å²) in [5.74, 6) is 1.88. The Morgan fingerprint density at radius 2 is 2.21 bits per heavy atom. The quantitative estimate of drug-likeness (QED) is 0.776. The van der Waals surface area contributed by atoms with Gasteiger partial charge in [0.25, 0.3) is 0 Å². The van der Waals surface area contributed by atoms with Crippen molar-refractivity contribution in [2.24, 2.45) is 0 Å². The summed E-state index contributed by atoms with van der Waals surface area (Å²) < 4.78 is 15.7. The molecule has 2 rings (SSSR count). The molecule has 24 heavy (non-hydrogen) atoms. The van der Waals surface area contributed by atoms with E-state index in [4.69, 9.17) is 11.6 Å². The number of hydrogen-bond acceptors (Lipinski definition) is 4. The second-order valence-electron chi connectivity index (χ2n) is 5.28. The smallest absolute Gasteiger partial charge is 0.216 e. The normalized spacial score (nSPS) is 10.8. The van der Waals surface area contributed by atoms with Crippen LogP contribution in [0.3, 0.4) is 0 Å². The van der Waals surface area contributed by atoms with Crippen molar-refractivity contribution >= 4 is 29.3 Å². The molecule has 0 spiro atoms.